The fraction of sp³-hybridized carbons (Fsp3) is 0.211. The Morgan fingerprint density at radius 2 is 1.86 bits per heavy atom. The summed E-state index contributed by atoms with van der Waals surface area (Å²) in [7, 11) is 0. The van der Waals surface area contributed by atoms with Crippen molar-refractivity contribution in [3.05, 3.63) is 53.4 Å². The number of fused-ring (bicyclic) bond motifs is 3. The van der Waals surface area contributed by atoms with Crippen LogP contribution in [0.2, 0.25) is 0 Å². The number of hydrogen-bond acceptors (Lipinski definition) is 5. The van der Waals surface area contributed by atoms with E-state index >= 15 is 0 Å². The highest BCUT2D eigenvalue weighted by Gasteiger charge is 2.44. The molecule has 10 heteroatoms. The number of pyridine rings is 1. The van der Waals surface area contributed by atoms with Gasteiger partial charge in [0.05, 0.1) is 36.2 Å². The number of nitrogens with zero attached hydrogens (tertiary/aromatic N) is 4. The van der Waals surface area contributed by atoms with Gasteiger partial charge in [0.15, 0.2) is 0 Å². The third-order valence-electron chi connectivity index (χ3n) is 4.90. The summed E-state index contributed by atoms with van der Waals surface area (Å²) in [5, 5.41) is 9.98. The van der Waals surface area contributed by atoms with Crippen LogP contribution in [0.15, 0.2) is 35.5 Å². The first-order valence-corrected chi connectivity index (χ1v) is 8.81. The predicted molar refractivity (Wildman–Crippen MR) is 99.9 cm³/mol. The number of alkyl halides is 2. The van der Waals surface area contributed by atoms with Crippen LogP contribution in [0.25, 0.3) is 11.3 Å². The lowest BCUT2D eigenvalue weighted by Gasteiger charge is -2.39. The molecule has 2 N–H and O–H groups in total. The zero-order chi connectivity index (χ0) is 20.3. The van der Waals surface area contributed by atoms with Crippen molar-refractivity contribution in [3.63, 3.8) is 0 Å². The van der Waals surface area contributed by atoms with E-state index in [-0.39, 0.29) is 11.4 Å². The van der Waals surface area contributed by atoms with Gasteiger partial charge in [-0.15, -0.1) is 0 Å². The summed E-state index contributed by atoms with van der Waals surface area (Å²) in [6, 6.07) is 5.17. The number of H-pyrrole nitrogens is 1. The molecule has 3 aromatic rings. The lowest BCUT2D eigenvalue weighted by Crippen LogP contribution is -2.56. The first kappa shape index (κ1) is 17.7. The van der Waals surface area contributed by atoms with Gasteiger partial charge in [0.25, 0.3) is 5.92 Å². The van der Waals surface area contributed by atoms with Crippen LogP contribution in [0.3, 0.4) is 0 Å². The summed E-state index contributed by atoms with van der Waals surface area (Å²) in [4.78, 5) is 10.1. The number of aliphatic imine (C=N–C) groups is 1. The van der Waals surface area contributed by atoms with E-state index in [2.05, 4.69) is 25.5 Å². The summed E-state index contributed by atoms with van der Waals surface area (Å²) in [6.45, 7) is 0.898. The van der Waals surface area contributed by atoms with Gasteiger partial charge in [-0.1, -0.05) is 6.07 Å². The van der Waals surface area contributed by atoms with Crippen molar-refractivity contribution >= 4 is 23.0 Å². The van der Waals surface area contributed by atoms with Crippen LogP contribution < -0.4 is 10.2 Å². The highest BCUT2D eigenvalue weighted by Crippen LogP contribution is 2.41. The fourth-order valence-electron chi connectivity index (χ4n) is 3.44. The monoisotopic (exact) mass is 402 g/mol. The summed E-state index contributed by atoms with van der Waals surface area (Å²) in [6.07, 6.45) is 1.43. The molecule has 6 nitrogen and oxygen atoms in total. The minimum atomic E-state index is -2.74. The molecule has 0 saturated carbocycles. The molecule has 0 amide bonds. The van der Waals surface area contributed by atoms with E-state index in [9.17, 15) is 17.6 Å². The average Bonchev–Trinajstić information content (AvgIpc) is 2.91. The Labute approximate surface area is 162 Å². The number of aryl methyl sites for hydroxylation is 1. The Morgan fingerprint density at radius 1 is 1.14 bits per heavy atom. The normalized spacial score (nSPS) is 16.9. The molecule has 1 fully saturated rings. The molecule has 4 heterocycles. The van der Waals surface area contributed by atoms with E-state index < -0.39 is 30.6 Å². The van der Waals surface area contributed by atoms with Crippen LogP contribution in [0.4, 0.5) is 34.8 Å². The summed E-state index contributed by atoms with van der Waals surface area (Å²) in [5.74, 6) is -3.94. The van der Waals surface area contributed by atoms with Crippen LogP contribution >= 0.6 is 0 Å². The lowest BCUT2D eigenvalue weighted by atomic mass is 10.1. The first-order chi connectivity index (χ1) is 13.8. The number of aromatic nitrogens is 3. The maximum atomic E-state index is 14.4. The van der Waals surface area contributed by atoms with Gasteiger partial charge in [0.1, 0.15) is 34.7 Å². The van der Waals surface area contributed by atoms with Crippen molar-refractivity contribution in [1.29, 1.82) is 0 Å². The zero-order valence-corrected chi connectivity index (χ0v) is 15.1. The van der Waals surface area contributed by atoms with E-state index in [1.165, 1.54) is 17.2 Å². The standard InChI is InChI=1S/C19H14F4N6/c1-9-16-17(28-27-9)10-5-14(29-7-19(22,23)8-29)24-6-13(10)25-18(26-16)15-11(20)3-2-4-12(15)21/h2-6H,7-8H2,1H3,(H,25,26)(H,27,28). The summed E-state index contributed by atoms with van der Waals surface area (Å²) in [5.41, 5.74) is 2.08. The van der Waals surface area contributed by atoms with Crippen molar-refractivity contribution < 1.29 is 17.6 Å². The topological polar surface area (TPSA) is 69.2 Å². The summed E-state index contributed by atoms with van der Waals surface area (Å²) < 4.78 is 55.2. The van der Waals surface area contributed by atoms with Gasteiger partial charge < -0.3 is 10.2 Å². The number of amidine groups is 1. The van der Waals surface area contributed by atoms with Crippen LogP contribution in [0.1, 0.15) is 11.3 Å². The van der Waals surface area contributed by atoms with E-state index in [0.29, 0.717) is 34.1 Å². The van der Waals surface area contributed by atoms with Gasteiger partial charge in [-0.3, -0.25) is 5.10 Å². The molecule has 1 aromatic carbocycles. The van der Waals surface area contributed by atoms with Crippen LogP contribution in [-0.2, 0) is 0 Å². The Hall–Kier alpha value is -3.43. The molecule has 0 aliphatic carbocycles. The number of benzene rings is 1. The highest BCUT2D eigenvalue weighted by atomic mass is 19.3. The number of aromatic amines is 1. The second-order valence-electron chi connectivity index (χ2n) is 7.03. The molecule has 0 atom stereocenters. The van der Waals surface area contributed by atoms with Gasteiger partial charge >= 0.3 is 0 Å². The Morgan fingerprint density at radius 3 is 2.55 bits per heavy atom. The number of anilines is 2. The second-order valence-corrected chi connectivity index (χ2v) is 7.03. The minimum Gasteiger partial charge on any atom is -0.344 e. The number of nitrogens with one attached hydrogen (secondary N) is 2. The van der Waals surface area contributed by atoms with E-state index in [0.717, 1.165) is 12.1 Å². The first-order valence-electron chi connectivity index (χ1n) is 8.81. The average molecular weight is 402 g/mol. The molecule has 2 aliphatic heterocycles. The quantitative estimate of drug-likeness (QED) is 0.636. The maximum absolute atomic E-state index is 14.4. The molecule has 2 aromatic heterocycles. The van der Waals surface area contributed by atoms with Crippen molar-refractivity contribution in [2.75, 3.05) is 23.3 Å². The van der Waals surface area contributed by atoms with Crippen molar-refractivity contribution in [3.8, 4) is 11.3 Å². The SMILES string of the molecule is Cc1[nH]nc2c1N=C(c1c(F)cccc1F)Nc1cnc(N3CC(F)(F)C3)cc1-2. The van der Waals surface area contributed by atoms with Crippen molar-refractivity contribution in [2.24, 2.45) is 4.99 Å². The largest absolute Gasteiger partial charge is 0.344 e. The third-order valence-corrected chi connectivity index (χ3v) is 4.90. The van der Waals surface area contributed by atoms with E-state index in [4.69, 9.17) is 0 Å². The molecule has 5 rings (SSSR count). The fourth-order valence-corrected chi connectivity index (χ4v) is 3.44. The molecule has 29 heavy (non-hydrogen) atoms. The van der Waals surface area contributed by atoms with Gasteiger partial charge in [-0.25, -0.2) is 27.5 Å². The second kappa shape index (κ2) is 6.03. The van der Waals surface area contributed by atoms with Gasteiger partial charge in [0.2, 0.25) is 0 Å². The minimum absolute atomic E-state index is 0.0323. The molecule has 148 valence electrons. The molecular formula is C19H14F4N6. The Balaban J connectivity index is 1.64. The smallest absolute Gasteiger partial charge is 0.282 e. The highest BCUT2D eigenvalue weighted by molar-refractivity contribution is 6.13. The number of rotatable bonds is 2. The van der Waals surface area contributed by atoms with Gasteiger partial charge in [-0.05, 0) is 25.1 Å². The van der Waals surface area contributed by atoms with Crippen molar-refractivity contribution in [2.45, 2.75) is 12.8 Å². The Kier molecular flexibility index (Phi) is 3.67. The zero-order valence-electron chi connectivity index (χ0n) is 15.1. The van der Waals surface area contributed by atoms with E-state index in [1.54, 1.807) is 13.0 Å². The van der Waals surface area contributed by atoms with Crippen molar-refractivity contribution in [1.82, 2.24) is 15.2 Å². The molecule has 0 unspecified atom stereocenters. The lowest BCUT2D eigenvalue weighted by molar-refractivity contribution is -0.0266. The summed E-state index contributed by atoms with van der Waals surface area (Å²) >= 11 is 0. The molecule has 1 saturated heterocycles. The van der Waals surface area contributed by atoms with Crippen LogP contribution in [0.5, 0.6) is 0 Å². The molecule has 2 aliphatic rings. The maximum Gasteiger partial charge on any atom is 0.282 e. The number of halogens is 4. The molecule has 0 bridgehead atoms. The van der Waals surface area contributed by atoms with Crippen LogP contribution in [0, 0.1) is 18.6 Å². The van der Waals surface area contributed by atoms with Crippen LogP contribution in [-0.4, -0.2) is 40.0 Å². The van der Waals surface area contributed by atoms with Gasteiger partial charge in [-0.2, -0.15) is 5.10 Å². The molecule has 0 spiro atoms. The molecular weight excluding hydrogens is 388 g/mol. The third kappa shape index (κ3) is 2.82. The Bertz CT molecular complexity index is 1140. The predicted octanol–water partition coefficient (Wildman–Crippen LogP) is 4.02. The van der Waals surface area contributed by atoms with Gasteiger partial charge in [0, 0.05) is 5.56 Å². The molecule has 0 radical (unpaired) electrons. The number of hydrogen-bond donors (Lipinski definition) is 2. The van der Waals surface area contributed by atoms with E-state index in [1.807, 2.05) is 0 Å².